The first-order valence-electron chi connectivity index (χ1n) is 13.5. The van der Waals surface area contributed by atoms with Crippen molar-refractivity contribution in [3.63, 3.8) is 0 Å². The molecule has 1 aromatic heterocycles. The van der Waals surface area contributed by atoms with Gasteiger partial charge in [-0.1, -0.05) is 66.7 Å². The van der Waals surface area contributed by atoms with Crippen molar-refractivity contribution >= 4 is 21.8 Å². The number of fused-ring (bicyclic) bond motifs is 6. The topological polar surface area (TPSA) is 15.8 Å². The first-order chi connectivity index (χ1) is 17.3. The summed E-state index contributed by atoms with van der Waals surface area (Å²) in [6, 6.07) is 32.5. The van der Waals surface area contributed by atoms with Crippen LogP contribution < -0.4 is 0 Å². The van der Waals surface area contributed by atoms with E-state index in [0.29, 0.717) is 0 Å². The molecule has 0 aliphatic heterocycles. The van der Waals surface area contributed by atoms with Crippen molar-refractivity contribution < 1.29 is 0 Å². The Balaban J connectivity index is 1.24. The van der Waals surface area contributed by atoms with Gasteiger partial charge >= 0.3 is 0 Å². The third kappa shape index (κ3) is 2.30. The Morgan fingerprint density at radius 3 is 2.06 bits per heavy atom. The number of hydrogen-bond acceptors (Lipinski definition) is 0. The summed E-state index contributed by atoms with van der Waals surface area (Å²) in [7, 11) is 0. The zero-order valence-electron chi connectivity index (χ0n) is 19.9. The zero-order valence-corrected chi connectivity index (χ0v) is 19.9. The monoisotopic (exact) mass is 451 g/mol. The molecule has 5 aliphatic carbocycles. The maximum atomic E-state index is 3.64. The molecule has 4 fully saturated rings. The SMILES string of the molecule is c1ccc2c(c1)-c1cc(-c3ccc4c(c3)[nH]c3ccccc34)ccc1C21C2CC3CC(C2)CC1C3. The Morgan fingerprint density at radius 2 is 1.20 bits per heavy atom. The van der Waals surface area contributed by atoms with Gasteiger partial charge in [-0.05, 0) is 107 Å². The molecule has 170 valence electrons. The molecule has 1 spiro atoms. The van der Waals surface area contributed by atoms with Crippen LogP contribution in [0.5, 0.6) is 0 Å². The standard InChI is InChI=1S/C34H29N/c1-3-7-30-26(5-1)29-18-22(23-9-11-28-27-6-2-4-8-32(27)35-33(28)19-23)10-12-31(29)34(30)24-14-20-13-21(16-24)17-25(34)15-20/h1-12,18-21,24-25,35H,13-17H2. The van der Waals surface area contributed by atoms with Crippen LogP contribution in [0.25, 0.3) is 44.1 Å². The summed E-state index contributed by atoms with van der Waals surface area (Å²) in [6.45, 7) is 0. The summed E-state index contributed by atoms with van der Waals surface area (Å²) in [6.07, 6.45) is 7.28. The van der Waals surface area contributed by atoms with Crippen LogP contribution in [0.4, 0.5) is 0 Å². The Bertz CT molecular complexity index is 1640. The third-order valence-corrected chi connectivity index (χ3v) is 10.4. The number of H-pyrrole nitrogens is 1. The lowest BCUT2D eigenvalue weighted by molar-refractivity contribution is -0.0399. The van der Waals surface area contributed by atoms with E-state index in [4.69, 9.17) is 0 Å². The number of benzene rings is 4. The van der Waals surface area contributed by atoms with Gasteiger partial charge in [0.05, 0.1) is 0 Å². The van der Waals surface area contributed by atoms with Crippen molar-refractivity contribution in [1.29, 1.82) is 0 Å². The van der Waals surface area contributed by atoms with Gasteiger partial charge < -0.3 is 4.98 Å². The van der Waals surface area contributed by atoms with Crippen LogP contribution in [0.1, 0.15) is 43.2 Å². The minimum Gasteiger partial charge on any atom is -0.354 e. The smallest absolute Gasteiger partial charge is 0.0471 e. The second-order valence-corrected chi connectivity index (χ2v) is 11.9. The number of para-hydroxylation sites is 1. The molecule has 0 atom stereocenters. The summed E-state index contributed by atoms with van der Waals surface area (Å²) in [5.41, 5.74) is 11.6. The molecule has 10 rings (SSSR count). The molecule has 0 saturated heterocycles. The van der Waals surface area contributed by atoms with Crippen LogP contribution in [0, 0.1) is 23.7 Å². The van der Waals surface area contributed by atoms with Crippen LogP contribution in [0.3, 0.4) is 0 Å². The van der Waals surface area contributed by atoms with E-state index in [0.717, 1.165) is 23.7 Å². The molecule has 5 aliphatic rings. The second-order valence-electron chi connectivity index (χ2n) is 11.9. The zero-order chi connectivity index (χ0) is 22.7. The lowest BCUT2D eigenvalue weighted by Crippen LogP contribution is -2.55. The summed E-state index contributed by atoms with van der Waals surface area (Å²) < 4.78 is 0. The van der Waals surface area contributed by atoms with E-state index in [-0.39, 0.29) is 5.41 Å². The Morgan fingerprint density at radius 1 is 0.543 bits per heavy atom. The number of aromatic nitrogens is 1. The summed E-state index contributed by atoms with van der Waals surface area (Å²) >= 11 is 0. The highest BCUT2D eigenvalue weighted by atomic mass is 14.7. The number of aromatic amines is 1. The van der Waals surface area contributed by atoms with E-state index >= 15 is 0 Å². The highest BCUT2D eigenvalue weighted by molar-refractivity contribution is 6.08. The Labute approximate surface area is 206 Å². The molecular formula is C34H29N. The van der Waals surface area contributed by atoms with E-state index in [9.17, 15) is 0 Å². The van der Waals surface area contributed by atoms with Crippen molar-refractivity contribution in [2.45, 2.75) is 37.5 Å². The van der Waals surface area contributed by atoms with Crippen LogP contribution in [-0.2, 0) is 5.41 Å². The van der Waals surface area contributed by atoms with Crippen LogP contribution >= 0.6 is 0 Å². The minimum absolute atomic E-state index is 0.263. The first kappa shape index (κ1) is 18.9. The lowest BCUT2D eigenvalue weighted by Gasteiger charge is -2.61. The van der Waals surface area contributed by atoms with Gasteiger partial charge in [-0.3, -0.25) is 0 Å². The van der Waals surface area contributed by atoms with Crippen LogP contribution in [-0.4, -0.2) is 4.98 Å². The predicted octanol–water partition coefficient (Wildman–Crippen LogP) is 8.71. The van der Waals surface area contributed by atoms with Crippen molar-refractivity contribution in [3.05, 3.63) is 96.1 Å². The van der Waals surface area contributed by atoms with Gasteiger partial charge in [0.15, 0.2) is 0 Å². The highest BCUT2D eigenvalue weighted by Crippen LogP contribution is 2.69. The van der Waals surface area contributed by atoms with E-state index in [1.807, 2.05) is 0 Å². The van der Waals surface area contributed by atoms with Gasteiger partial charge in [-0.25, -0.2) is 0 Å². The minimum atomic E-state index is 0.263. The number of rotatable bonds is 1. The quantitative estimate of drug-likeness (QED) is 0.262. The first-order valence-corrected chi connectivity index (χ1v) is 13.5. The maximum absolute atomic E-state index is 3.64. The average molecular weight is 452 g/mol. The van der Waals surface area contributed by atoms with Crippen molar-refractivity contribution in [2.24, 2.45) is 23.7 Å². The average Bonchev–Trinajstić information content (AvgIpc) is 3.40. The molecule has 1 nitrogen and oxygen atoms in total. The van der Waals surface area contributed by atoms with Crippen molar-refractivity contribution in [1.82, 2.24) is 4.98 Å². The molecule has 0 radical (unpaired) electrons. The lowest BCUT2D eigenvalue weighted by atomic mass is 9.43. The predicted molar refractivity (Wildman–Crippen MR) is 145 cm³/mol. The van der Waals surface area contributed by atoms with Crippen LogP contribution in [0.2, 0.25) is 0 Å². The molecule has 1 heteroatoms. The molecule has 1 N–H and O–H groups in total. The van der Waals surface area contributed by atoms with E-state index < -0.39 is 0 Å². The number of nitrogens with one attached hydrogen (secondary N) is 1. The van der Waals surface area contributed by atoms with E-state index in [1.54, 1.807) is 11.1 Å². The highest BCUT2D eigenvalue weighted by Gasteiger charge is 2.61. The normalized spacial score (nSPS) is 29.8. The fourth-order valence-electron chi connectivity index (χ4n) is 9.37. The third-order valence-electron chi connectivity index (χ3n) is 10.4. The van der Waals surface area contributed by atoms with Gasteiger partial charge in [0.2, 0.25) is 0 Å². The molecule has 0 amide bonds. The Hall–Kier alpha value is -3.32. The molecule has 4 aromatic carbocycles. The molecular weight excluding hydrogens is 422 g/mol. The van der Waals surface area contributed by atoms with Gasteiger partial charge in [0, 0.05) is 27.2 Å². The molecule has 1 heterocycles. The van der Waals surface area contributed by atoms with Gasteiger partial charge in [-0.2, -0.15) is 0 Å². The molecule has 0 unspecified atom stereocenters. The van der Waals surface area contributed by atoms with Gasteiger partial charge in [0.25, 0.3) is 0 Å². The molecule has 35 heavy (non-hydrogen) atoms. The summed E-state index contributed by atoms with van der Waals surface area (Å²) in [4.78, 5) is 3.64. The Kier molecular flexibility index (Phi) is 3.50. The largest absolute Gasteiger partial charge is 0.354 e. The maximum Gasteiger partial charge on any atom is 0.0471 e. The molecule has 4 bridgehead atoms. The fourth-order valence-corrected chi connectivity index (χ4v) is 9.37. The number of hydrogen-bond donors (Lipinski definition) is 1. The van der Waals surface area contributed by atoms with Crippen molar-refractivity contribution in [2.75, 3.05) is 0 Å². The molecule has 4 saturated carbocycles. The summed E-state index contributed by atoms with van der Waals surface area (Å²) in [5, 5.41) is 2.61. The fraction of sp³-hybridized carbons (Fsp3) is 0.294. The second kappa shape index (κ2) is 6.46. The van der Waals surface area contributed by atoms with Gasteiger partial charge in [0.1, 0.15) is 0 Å². The van der Waals surface area contributed by atoms with Crippen LogP contribution in [0.15, 0.2) is 84.9 Å². The van der Waals surface area contributed by atoms with E-state index in [2.05, 4.69) is 89.9 Å². The molecule has 5 aromatic rings. The summed E-state index contributed by atoms with van der Waals surface area (Å²) in [5.74, 6) is 3.63. The van der Waals surface area contributed by atoms with Gasteiger partial charge in [-0.15, -0.1) is 0 Å². The van der Waals surface area contributed by atoms with E-state index in [1.165, 1.54) is 76.2 Å². The van der Waals surface area contributed by atoms with Crippen molar-refractivity contribution in [3.8, 4) is 22.3 Å².